The molecular formula is C26H27F6N3O2. The van der Waals surface area contributed by atoms with Crippen molar-refractivity contribution in [3.05, 3.63) is 58.7 Å². The Labute approximate surface area is 210 Å². The normalized spacial score (nSPS) is 20.4. The van der Waals surface area contributed by atoms with Crippen molar-refractivity contribution >= 4 is 22.9 Å². The number of alkyl halides is 6. The van der Waals surface area contributed by atoms with Crippen LogP contribution in [0.4, 0.5) is 37.7 Å². The van der Waals surface area contributed by atoms with Gasteiger partial charge in [0.1, 0.15) is 0 Å². The minimum absolute atomic E-state index is 0.698. The van der Waals surface area contributed by atoms with E-state index >= 15 is 0 Å². The van der Waals surface area contributed by atoms with Crippen LogP contribution in [0.25, 0.3) is 0 Å². The Morgan fingerprint density at radius 3 is 2.35 bits per heavy atom. The summed E-state index contributed by atoms with van der Waals surface area (Å²) in [5, 5.41) is 7.33. The topological polar surface area (TPSA) is 61.4 Å². The van der Waals surface area contributed by atoms with Gasteiger partial charge in [-0.05, 0) is 60.1 Å². The molecule has 0 spiro atoms. The van der Waals surface area contributed by atoms with Crippen molar-refractivity contribution in [2.75, 3.05) is 36.4 Å². The van der Waals surface area contributed by atoms with Crippen LogP contribution in [-0.4, -0.2) is 50.1 Å². The summed E-state index contributed by atoms with van der Waals surface area (Å²) in [6.07, 6.45) is -9.03. The van der Waals surface area contributed by atoms with Crippen LogP contribution in [0.15, 0.2) is 36.4 Å². The molecule has 0 unspecified atom stereocenters. The third kappa shape index (κ3) is 5.92. The Balaban J connectivity index is 0.000000229. The zero-order chi connectivity index (χ0) is 27.0. The first-order valence-corrected chi connectivity index (χ1v) is 12.0. The molecule has 1 fully saturated rings. The van der Waals surface area contributed by atoms with Crippen LogP contribution in [0.1, 0.15) is 34.6 Å². The number of aryl methyl sites for hydroxylation is 2. The second kappa shape index (κ2) is 10.4. The maximum absolute atomic E-state index is 11.2. The quantitative estimate of drug-likeness (QED) is 0.437. The fourth-order valence-electron chi connectivity index (χ4n) is 5.27. The Kier molecular flexibility index (Phi) is 7.55. The molecule has 0 aromatic heterocycles. The Morgan fingerprint density at radius 2 is 1.70 bits per heavy atom. The van der Waals surface area contributed by atoms with Crippen molar-refractivity contribution in [3.63, 3.8) is 0 Å². The monoisotopic (exact) mass is 527 g/mol. The number of anilines is 2. The number of halogens is 6. The largest absolute Gasteiger partial charge is 0.458 e. The summed E-state index contributed by atoms with van der Waals surface area (Å²) < 4.78 is 67.0. The second-order valence-corrected chi connectivity index (χ2v) is 9.58. The Hall–Kier alpha value is -3.08. The number of ketones is 2. The zero-order valence-electron chi connectivity index (χ0n) is 20.1. The Bertz CT molecular complexity index is 1150. The van der Waals surface area contributed by atoms with Gasteiger partial charge < -0.3 is 15.5 Å². The highest BCUT2D eigenvalue weighted by molar-refractivity contribution is 6.41. The van der Waals surface area contributed by atoms with E-state index in [1.54, 1.807) is 16.8 Å². The average molecular weight is 528 g/mol. The first-order valence-electron chi connectivity index (χ1n) is 12.0. The molecule has 0 bridgehead atoms. The molecule has 37 heavy (non-hydrogen) atoms. The van der Waals surface area contributed by atoms with Crippen molar-refractivity contribution in [2.24, 2.45) is 5.92 Å². The van der Waals surface area contributed by atoms with Crippen LogP contribution in [0, 0.1) is 12.8 Å². The van der Waals surface area contributed by atoms with Crippen molar-refractivity contribution < 1.29 is 35.9 Å². The standard InChI is InChI=1S/C22H27N3.C4F6O2/c1-15-5-2-3-6-17(15)12-24-19-9-16-7-4-8-25-14-18-11-23-13-21(18)20(10-19)22(16)25;5-3(6,7)1(11)2(12)4(8,9)10/h2-3,5-6,9-10,18,21,23-24H,4,7-8,11-14H2,1H3;/t18-,21-;/m1./s1. The third-order valence-electron chi connectivity index (χ3n) is 7.07. The average Bonchev–Trinajstić information content (AvgIpc) is 3.31. The van der Waals surface area contributed by atoms with Crippen molar-refractivity contribution in [3.8, 4) is 0 Å². The van der Waals surface area contributed by atoms with E-state index < -0.39 is 23.9 Å². The second-order valence-electron chi connectivity index (χ2n) is 9.58. The minimum Gasteiger partial charge on any atom is -0.381 e. The summed E-state index contributed by atoms with van der Waals surface area (Å²) in [6, 6.07) is 13.5. The molecule has 5 rings (SSSR count). The van der Waals surface area contributed by atoms with Crippen LogP contribution in [0.3, 0.4) is 0 Å². The van der Waals surface area contributed by atoms with E-state index in [1.165, 1.54) is 49.3 Å². The van der Waals surface area contributed by atoms with Gasteiger partial charge in [0.2, 0.25) is 0 Å². The third-order valence-corrected chi connectivity index (χ3v) is 7.07. The van der Waals surface area contributed by atoms with Crippen molar-refractivity contribution in [2.45, 2.75) is 44.6 Å². The highest BCUT2D eigenvalue weighted by Gasteiger charge is 2.54. The van der Waals surface area contributed by atoms with Crippen LogP contribution in [0.2, 0.25) is 0 Å². The van der Waals surface area contributed by atoms with Crippen LogP contribution < -0.4 is 15.5 Å². The number of nitrogens with zero attached hydrogens (tertiary/aromatic N) is 1. The van der Waals surface area contributed by atoms with E-state index in [2.05, 4.69) is 58.9 Å². The molecule has 0 radical (unpaired) electrons. The number of rotatable bonds is 4. The highest BCUT2D eigenvalue weighted by atomic mass is 19.4. The molecule has 5 nitrogen and oxygen atoms in total. The molecule has 2 aromatic rings. The molecule has 2 N–H and O–H groups in total. The smallest absolute Gasteiger partial charge is 0.381 e. The van der Waals surface area contributed by atoms with E-state index in [0.29, 0.717) is 5.92 Å². The van der Waals surface area contributed by atoms with Gasteiger partial charge >= 0.3 is 23.9 Å². The van der Waals surface area contributed by atoms with E-state index in [-0.39, 0.29) is 0 Å². The van der Waals surface area contributed by atoms with E-state index in [9.17, 15) is 35.9 Å². The summed E-state index contributed by atoms with van der Waals surface area (Å²) >= 11 is 0. The highest BCUT2D eigenvalue weighted by Crippen LogP contribution is 2.45. The summed E-state index contributed by atoms with van der Waals surface area (Å²) in [4.78, 5) is 21.9. The fraction of sp³-hybridized carbons (Fsp3) is 0.462. The molecule has 0 amide bonds. The number of fused-ring (bicyclic) bond motifs is 2. The summed E-state index contributed by atoms with van der Waals surface area (Å²) in [7, 11) is 0. The molecule has 0 saturated carbocycles. The molecular weight excluding hydrogens is 500 g/mol. The van der Waals surface area contributed by atoms with E-state index in [1.807, 2.05) is 0 Å². The Morgan fingerprint density at radius 1 is 1.03 bits per heavy atom. The predicted molar refractivity (Wildman–Crippen MR) is 127 cm³/mol. The van der Waals surface area contributed by atoms with Crippen LogP contribution in [0.5, 0.6) is 0 Å². The molecule has 3 aliphatic heterocycles. The van der Waals surface area contributed by atoms with Gasteiger partial charge in [-0.3, -0.25) is 9.59 Å². The fourth-order valence-corrected chi connectivity index (χ4v) is 5.27. The van der Waals surface area contributed by atoms with Crippen LogP contribution >= 0.6 is 0 Å². The molecule has 3 aliphatic rings. The molecule has 2 aromatic carbocycles. The maximum Gasteiger partial charge on any atom is 0.458 e. The number of carbonyl (C=O) groups excluding carboxylic acids is 2. The van der Waals surface area contributed by atoms with Gasteiger partial charge in [0, 0.05) is 50.0 Å². The predicted octanol–water partition coefficient (Wildman–Crippen LogP) is 4.93. The van der Waals surface area contributed by atoms with Crippen molar-refractivity contribution in [1.29, 1.82) is 0 Å². The lowest BCUT2D eigenvalue weighted by molar-refractivity contribution is -0.193. The lowest BCUT2D eigenvalue weighted by Crippen LogP contribution is -2.41. The number of hydrogen-bond donors (Lipinski definition) is 2. The molecule has 2 atom stereocenters. The van der Waals surface area contributed by atoms with Crippen LogP contribution in [-0.2, 0) is 22.6 Å². The lowest BCUT2D eigenvalue weighted by Gasteiger charge is -2.42. The maximum atomic E-state index is 11.2. The summed E-state index contributed by atoms with van der Waals surface area (Å²) in [5.41, 5.74) is 8.76. The molecule has 200 valence electrons. The van der Waals surface area contributed by atoms with E-state index in [4.69, 9.17) is 0 Å². The zero-order valence-corrected chi connectivity index (χ0v) is 20.1. The van der Waals surface area contributed by atoms with Gasteiger partial charge in [0.25, 0.3) is 0 Å². The molecule has 1 saturated heterocycles. The lowest BCUT2D eigenvalue weighted by atomic mass is 9.80. The molecule has 0 aliphatic carbocycles. The van der Waals surface area contributed by atoms with Crippen molar-refractivity contribution in [1.82, 2.24) is 5.32 Å². The molecule has 3 heterocycles. The SMILES string of the molecule is Cc1ccccc1CNc1cc2c3c(c1)[C@@H]1CNC[C@@H]1CN3CCC2.O=C(C(=O)C(F)(F)F)C(F)(F)F. The first kappa shape index (κ1) is 27.0. The van der Waals surface area contributed by atoms with Gasteiger partial charge in [-0.25, -0.2) is 0 Å². The number of hydrogen-bond acceptors (Lipinski definition) is 5. The van der Waals surface area contributed by atoms with Gasteiger partial charge in [-0.2, -0.15) is 26.3 Å². The van der Waals surface area contributed by atoms with Gasteiger partial charge in [0.05, 0.1) is 0 Å². The first-order chi connectivity index (χ1) is 17.4. The summed E-state index contributed by atoms with van der Waals surface area (Å²) in [5.74, 6) is -5.33. The van der Waals surface area contributed by atoms with Gasteiger partial charge in [-0.1, -0.05) is 24.3 Å². The number of nitrogens with one attached hydrogen (secondary N) is 2. The minimum atomic E-state index is -5.77. The number of carbonyl (C=O) groups is 2. The number of Topliss-reactive ketones (excluding diaryl/α,β-unsaturated/α-hetero) is 2. The van der Waals surface area contributed by atoms with E-state index in [0.717, 1.165) is 19.0 Å². The van der Waals surface area contributed by atoms with Gasteiger partial charge in [-0.15, -0.1) is 0 Å². The number of benzene rings is 2. The van der Waals surface area contributed by atoms with Gasteiger partial charge in [0.15, 0.2) is 0 Å². The summed E-state index contributed by atoms with van der Waals surface area (Å²) in [6.45, 7) is 7.90. The molecule has 11 heteroatoms.